The lowest BCUT2D eigenvalue weighted by Crippen LogP contribution is -2.24. The van der Waals surface area contributed by atoms with Crippen molar-refractivity contribution in [2.45, 2.75) is 20.0 Å². The van der Waals surface area contributed by atoms with Crippen molar-refractivity contribution in [2.24, 2.45) is 5.73 Å². The summed E-state index contributed by atoms with van der Waals surface area (Å²) in [5.74, 6) is -0.685. The first-order chi connectivity index (χ1) is 4.06. The summed E-state index contributed by atoms with van der Waals surface area (Å²) < 4.78 is 0. The lowest BCUT2D eigenvalue weighted by atomic mass is 10.4. The minimum absolute atomic E-state index is 0.685. The fourth-order valence-electron chi connectivity index (χ4n) is 0. The molecule has 0 heterocycles. The van der Waals surface area contributed by atoms with Gasteiger partial charge in [-0.3, -0.25) is 4.79 Å². The van der Waals surface area contributed by atoms with Crippen LogP contribution in [0.3, 0.4) is 0 Å². The number of amides is 1. The van der Waals surface area contributed by atoms with Crippen molar-refractivity contribution in [3.63, 3.8) is 0 Å². The SMILES string of the molecule is CC#N.C[C@@H](O)C(N)=O. The normalized spacial score (nSPS) is 10.0. The Morgan fingerprint density at radius 1 is 1.89 bits per heavy atom. The van der Waals surface area contributed by atoms with E-state index in [9.17, 15) is 4.79 Å². The largest absolute Gasteiger partial charge is 0.384 e. The van der Waals surface area contributed by atoms with Gasteiger partial charge in [0.15, 0.2) is 0 Å². The molecule has 0 aromatic heterocycles. The molecule has 3 N–H and O–H groups in total. The molecule has 9 heavy (non-hydrogen) atoms. The van der Waals surface area contributed by atoms with Crippen LogP contribution in [0, 0.1) is 11.3 Å². The van der Waals surface area contributed by atoms with E-state index in [2.05, 4.69) is 5.73 Å². The zero-order chi connectivity index (χ0) is 7.86. The van der Waals surface area contributed by atoms with Crippen LogP contribution in [0.5, 0.6) is 0 Å². The molecule has 0 saturated heterocycles. The predicted molar refractivity (Wildman–Crippen MR) is 32.2 cm³/mol. The van der Waals surface area contributed by atoms with E-state index in [1.54, 1.807) is 6.07 Å². The summed E-state index contributed by atoms with van der Waals surface area (Å²) in [6.07, 6.45) is -1.01. The Labute approximate surface area is 53.9 Å². The lowest BCUT2D eigenvalue weighted by molar-refractivity contribution is -0.125. The number of aliphatic hydroxyl groups is 1. The summed E-state index contributed by atoms with van der Waals surface area (Å²) in [6.45, 7) is 2.75. The molecule has 0 unspecified atom stereocenters. The van der Waals surface area contributed by atoms with Crippen molar-refractivity contribution in [2.75, 3.05) is 0 Å². The number of nitrogens with zero attached hydrogens (tertiary/aromatic N) is 1. The molecule has 0 radical (unpaired) electrons. The van der Waals surface area contributed by atoms with Crippen LogP contribution < -0.4 is 5.73 Å². The molecule has 0 aliphatic heterocycles. The zero-order valence-corrected chi connectivity index (χ0v) is 5.46. The Bertz CT molecular complexity index is 115. The molecular formula is C5H10N2O2. The molecule has 0 aromatic carbocycles. The maximum absolute atomic E-state index is 9.67. The van der Waals surface area contributed by atoms with Gasteiger partial charge in [0, 0.05) is 6.92 Å². The van der Waals surface area contributed by atoms with Crippen LogP contribution in [0.15, 0.2) is 0 Å². The van der Waals surface area contributed by atoms with Crippen molar-refractivity contribution in [1.29, 1.82) is 5.26 Å². The average Bonchev–Trinajstić information content (AvgIpc) is 1.68. The minimum atomic E-state index is -1.01. The van der Waals surface area contributed by atoms with Gasteiger partial charge in [-0.2, -0.15) is 5.26 Å². The third-order valence-electron chi connectivity index (χ3n) is 0.412. The number of carbonyl (C=O) groups excluding carboxylic acids is 1. The summed E-state index contributed by atoms with van der Waals surface area (Å²) in [5, 5.41) is 15.5. The standard InChI is InChI=1S/C3H7NO2.C2H3N/c1-2(5)3(4)6;1-2-3/h2,5H,1H3,(H2,4,6);1H3/t2-;/m1./s1. The van der Waals surface area contributed by atoms with Gasteiger partial charge in [-0.1, -0.05) is 0 Å². The highest BCUT2D eigenvalue weighted by atomic mass is 16.3. The van der Waals surface area contributed by atoms with Crippen LogP contribution in [0.4, 0.5) is 0 Å². The fraction of sp³-hybridized carbons (Fsp3) is 0.600. The van der Waals surface area contributed by atoms with Crippen LogP contribution in [0.2, 0.25) is 0 Å². The molecule has 0 rings (SSSR count). The summed E-state index contributed by atoms with van der Waals surface area (Å²) >= 11 is 0. The van der Waals surface area contributed by atoms with Crippen LogP contribution in [-0.4, -0.2) is 17.1 Å². The second-order valence-corrected chi connectivity index (χ2v) is 1.30. The van der Waals surface area contributed by atoms with E-state index in [-0.39, 0.29) is 0 Å². The number of nitrogens with two attached hydrogens (primary N) is 1. The highest BCUT2D eigenvalue weighted by Crippen LogP contribution is 1.70. The van der Waals surface area contributed by atoms with Gasteiger partial charge in [-0.05, 0) is 6.92 Å². The number of primary amides is 1. The Morgan fingerprint density at radius 2 is 2.00 bits per heavy atom. The molecule has 0 bridgehead atoms. The third kappa shape index (κ3) is 19.6. The second-order valence-electron chi connectivity index (χ2n) is 1.30. The maximum atomic E-state index is 9.67. The predicted octanol–water partition coefficient (Wildman–Crippen LogP) is -0.618. The van der Waals surface area contributed by atoms with Crippen LogP contribution in [0.25, 0.3) is 0 Å². The van der Waals surface area contributed by atoms with Gasteiger partial charge < -0.3 is 10.8 Å². The molecule has 0 aliphatic rings. The van der Waals surface area contributed by atoms with Crippen LogP contribution >= 0.6 is 0 Å². The molecular weight excluding hydrogens is 120 g/mol. The van der Waals surface area contributed by atoms with Gasteiger partial charge in [0.05, 0.1) is 6.07 Å². The van der Waals surface area contributed by atoms with Crippen molar-refractivity contribution in [3.05, 3.63) is 0 Å². The number of aliphatic hydroxyl groups excluding tert-OH is 1. The topological polar surface area (TPSA) is 87.1 Å². The number of hydrogen-bond acceptors (Lipinski definition) is 3. The van der Waals surface area contributed by atoms with Crippen LogP contribution in [-0.2, 0) is 4.79 Å². The number of rotatable bonds is 1. The molecule has 4 heteroatoms. The lowest BCUT2D eigenvalue weighted by Gasteiger charge is -1.90. The van der Waals surface area contributed by atoms with Crippen molar-refractivity contribution < 1.29 is 9.90 Å². The van der Waals surface area contributed by atoms with E-state index in [1.165, 1.54) is 13.8 Å². The Morgan fingerprint density at radius 3 is 2.00 bits per heavy atom. The summed E-state index contributed by atoms with van der Waals surface area (Å²) in [6, 6.07) is 1.75. The van der Waals surface area contributed by atoms with Gasteiger partial charge in [-0.25, -0.2) is 0 Å². The summed E-state index contributed by atoms with van der Waals surface area (Å²) in [5.41, 5.74) is 4.55. The van der Waals surface area contributed by atoms with Gasteiger partial charge in [0.2, 0.25) is 5.91 Å². The number of carbonyl (C=O) groups is 1. The molecule has 0 saturated carbocycles. The first kappa shape index (κ1) is 10.8. The molecule has 4 nitrogen and oxygen atoms in total. The summed E-state index contributed by atoms with van der Waals surface area (Å²) in [4.78, 5) is 9.67. The first-order valence-electron chi connectivity index (χ1n) is 2.34. The fourth-order valence-corrected chi connectivity index (χ4v) is 0. The number of hydrogen-bond donors (Lipinski definition) is 2. The third-order valence-corrected chi connectivity index (χ3v) is 0.412. The molecule has 1 atom stereocenters. The first-order valence-corrected chi connectivity index (χ1v) is 2.34. The second kappa shape index (κ2) is 6.92. The van der Waals surface area contributed by atoms with Gasteiger partial charge in [0.1, 0.15) is 6.10 Å². The van der Waals surface area contributed by atoms with E-state index < -0.39 is 12.0 Å². The number of nitriles is 1. The van der Waals surface area contributed by atoms with Crippen LogP contribution in [0.1, 0.15) is 13.8 Å². The Hall–Kier alpha value is -1.08. The molecule has 0 aromatic rings. The maximum Gasteiger partial charge on any atom is 0.245 e. The highest BCUT2D eigenvalue weighted by Gasteiger charge is 1.98. The van der Waals surface area contributed by atoms with E-state index in [0.29, 0.717) is 0 Å². The molecule has 0 spiro atoms. The Kier molecular flexibility index (Phi) is 8.32. The van der Waals surface area contributed by atoms with Crippen molar-refractivity contribution >= 4 is 5.91 Å². The van der Waals surface area contributed by atoms with Gasteiger partial charge >= 0.3 is 0 Å². The smallest absolute Gasteiger partial charge is 0.245 e. The van der Waals surface area contributed by atoms with E-state index in [1.807, 2.05) is 0 Å². The Balaban J connectivity index is 0. The zero-order valence-electron chi connectivity index (χ0n) is 5.46. The summed E-state index contributed by atoms with van der Waals surface area (Å²) in [7, 11) is 0. The highest BCUT2D eigenvalue weighted by molar-refractivity contribution is 5.77. The van der Waals surface area contributed by atoms with Gasteiger partial charge in [-0.15, -0.1) is 0 Å². The molecule has 52 valence electrons. The van der Waals surface area contributed by atoms with Crippen molar-refractivity contribution in [3.8, 4) is 6.07 Å². The van der Waals surface area contributed by atoms with E-state index in [4.69, 9.17) is 10.4 Å². The minimum Gasteiger partial charge on any atom is -0.384 e. The van der Waals surface area contributed by atoms with Gasteiger partial charge in [0.25, 0.3) is 0 Å². The molecule has 1 amide bonds. The van der Waals surface area contributed by atoms with Crippen molar-refractivity contribution in [1.82, 2.24) is 0 Å². The quantitative estimate of drug-likeness (QED) is 0.496. The molecule has 0 fully saturated rings. The monoisotopic (exact) mass is 130 g/mol. The van der Waals surface area contributed by atoms with E-state index >= 15 is 0 Å². The average molecular weight is 130 g/mol. The van der Waals surface area contributed by atoms with E-state index in [0.717, 1.165) is 0 Å². The molecule has 0 aliphatic carbocycles.